The molecule has 11 nitrogen and oxygen atoms in total. The van der Waals surface area contributed by atoms with Crippen LogP contribution in [-0.4, -0.2) is 58.5 Å². The number of benzene rings is 2. The van der Waals surface area contributed by atoms with Gasteiger partial charge >= 0.3 is 11.7 Å². The van der Waals surface area contributed by atoms with Crippen LogP contribution in [0.4, 0.5) is 5.69 Å². The van der Waals surface area contributed by atoms with Crippen molar-refractivity contribution in [3.05, 3.63) is 69.8 Å². The zero-order valence-corrected chi connectivity index (χ0v) is 21.4. The third-order valence-corrected chi connectivity index (χ3v) is 6.34. The molecule has 0 unspecified atom stereocenters. The van der Waals surface area contributed by atoms with Crippen molar-refractivity contribution >= 4 is 41.0 Å². The highest BCUT2D eigenvalue weighted by atomic mass is 32.2. The van der Waals surface area contributed by atoms with Gasteiger partial charge in [0.2, 0.25) is 5.91 Å². The topological polar surface area (TPSA) is 165 Å². The van der Waals surface area contributed by atoms with Gasteiger partial charge in [0.15, 0.2) is 11.5 Å². The van der Waals surface area contributed by atoms with Gasteiger partial charge in [-0.1, -0.05) is 44.2 Å². The van der Waals surface area contributed by atoms with Crippen LogP contribution < -0.4 is 15.4 Å². The summed E-state index contributed by atoms with van der Waals surface area (Å²) in [4.78, 5) is 60.5. The van der Waals surface area contributed by atoms with Crippen LogP contribution >= 0.6 is 11.8 Å². The van der Waals surface area contributed by atoms with Crippen LogP contribution in [0.15, 0.2) is 48.5 Å². The van der Waals surface area contributed by atoms with Gasteiger partial charge < -0.3 is 20.5 Å². The van der Waals surface area contributed by atoms with Crippen molar-refractivity contribution in [3.63, 3.8) is 0 Å². The van der Waals surface area contributed by atoms with Crippen LogP contribution in [0, 0.1) is 16.0 Å². The van der Waals surface area contributed by atoms with Gasteiger partial charge in [0, 0.05) is 17.4 Å². The normalized spacial score (nSPS) is 12.3. The van der Waals surface area contributed by atoms with Gasteiger partial charge in [-0.25, -0.2) is 0 Å². The summed E-state index contributed by atoms with van der Waals surface area (Å²) in [5, 5.41) is 25.5. The molecule has 0 bridgehead atoms. The highest BCUT2D eigenvalue weighted by Gasteiger charge is 2.30. The first kappa shape index (κ1) is 29.3. The van der Waals surface area contributed by atoms with E-state index in [4.69, 9.17) is 4.74 Å². The number of hydrogen-bond acceptors (Lipinski definition) is 8. The van der Waals surface area contributed by atoms with E-state index in [1.807, 2.05) is 30.3 Å². The molecule has 0 saturated carbocycles. The number of carbonyl (C=O) groups excluding carboxylic acids is 3. The first-order valence-corrected chi connectivity index (χ1v) is 12.5. The lowest BCUT2D eigenvalue weighted by molar-refractivity contribution is -0.385. The highest BCUT2D eigenvalue weighted by Crippen LogP contribution is 2.27. The molecule has 2 amide bonds. The number of aliphatic carboxylic acids is 1. The van der Waals surface area contributed by atoms with E-state index in [-0.39, 0.29) is 17.1 Å². The molecule has 0 radical (unpaired) electrons. The van der Waals surface area contributed by atoms with E-state index in [1.165, 1.54) is 31.0 Å². The zero-order valence-electron chi connectivity index (χ0n) is 20.6. The van der Waals surface area contributed by atoms with Crippen LogP contribution in [0.5, 0.6) is 5.75 Å². The van der Waals surface area contributed by atoms with E-state index in [1.54, 1.807) is 13.8 Å². The monoisotopic (exact) mass is 531 g/mol. The van der Waals surface area contributed by atoms with Crippen LogP contribution in [-0.2, 0) is 20.1 Å². The fraction of sp³-hybridized carbons (Fsp3) is 0.360. The predicted molar refractivity (Wildman–Crippen MR) is 138 cm³/mol. The molecule has 0 aromatic heterocycles. The quantitative estimate of drug-likeness (QED) is 0.245. The Morgan fingerprint density at radius 2 is 1.76 bits per heavy atom. The number of amides is 2. The molecule has 37 heavy (non-hydrogen) atoms. The number of carboxylic acid groups (broad SMARTS) is 1. The molecule has 12 heteroatoms. The molecule has 2 aromatic rings. The van der Waals surface area contributed by atoms with Crippen molar-refractivity contribution in [2.75, 3.05) is 12.9 Å². The number of ketones is 1. The molecule has 0 heterocycles. The minimum absolute atomic E-state index is 0.0126. The van der Waals surface area contributed by atoms with Crippen molar-refractivity contribution in [1.82, 2.24) is 10.6 Å². The summed E-state index contributed by atoms with van der Waals surface area (Å²) in [6.07, 6.45) is -0.611. The minimum atomic E-state index is -1.28. The Labute approximate surface area is 218 Å². The Morgan fingerprint density at radius 1 is 1.08 bits per heavy atom. The SMILES string of the molecule is COc1ccc(C(=O)N[C@H](C(=O)N[C@@H](CC(=O)O)C(=O)CSCc2ccccc2)C(C)C)cc1[N+](=O)[O-]. The number of nitro benzene ring substituents is 1. The minimum Gasteiger partial charge on any atom is -0.490 e. The third kappa shape index (κ3) is 8.90. The predicted octanol–water partition coefficient (Wildman–Crippen LogP) is 2.82. The van der Waals surface area contributed by atoms with Crippen molar-refractivity contribution in [2.24, 2.45) is 5.92 Å². The molecule has 0 aliphatic heterocycles. The van der Waals surface area contributed by atoms with Gasteiger partial charge in [0.1, 0.15) is 6.04 Å². The molecular formula is C25H29N3O8S. The van der Waals surface area contributed by atoms with E-state index < -0.39 is 58.6 Å². The van der Waals surface area contributed by atoms with Crippen LogP contribution in [0.2, 0.25) is 0 Å². The molecule has 198 valence electrons. The molecule has 2 atom stereocenters. The second kappa shape index (κ2) is 14.0. The van der Waals surface area contributed by atoms with Crippen LogP contribution in [0.25, 0.3) is 0 Å². The highest BCUT2D eigenvalue weighted by molar-refractivity contribution is 7.99. The van der Waals surface area contributed by atoms with Crippen molar-refractivity contribution < 1.29 is 33.9 Å². The number of methoxy groups -OCH3 is 1. The fourth-order valence-electron chi connectivity index (χ4n) is 3.36. The van der Waals surface area contributed by atoms with E-state index in [9.17, 15) is 34.4 Å². The van der Waals surface area contributed by atoms with Crippen molar-refractivity contribution in [1.29, 1.82) is 0 Å². The average molecular weight is 532 g/mol. The Morgan fingerprint density at radius 3 is 2.32 bits per heavy atom. The average Bonchev–Trinajstić information content (AvgIpc) is 2.86. The number of rotatable bonds is 14. The summed E-state index contributed by atoms with van der Waals surface area (Å²) in [5.41, 5.74) is 0.516. The number of nitro groups is 1. The largest absolute Gasteiger partial charge is 0.490 e. The van der Waals surface area contributed by atoms with Crippen LogP contribution in [0.3, 0.4) is 0 Å². The maximum Gasteiger partial charge on any atom is 0.311 e. The first-order chi connectivity index (χ1) is 17.5. The van der Waals surface area contributed by atoms with Crippen LogP contribution in [0.1, 0.15) is 36.2 Å². The second-order valence-electron chi connectivity index (χ2n) is 8.44. The number of nitrogens with zero attached hydrogens (tertiary/aromatic N) is 1. The number of nitrogens with one attached hydrogen (secondary N) is 2. The number of carboxylic acids is 1. The van der Waals surface area contributed by atoms with Crippen molar-refractivity contribution in [2.45, 2.75) is 38.1 Å². The Kier molecular flexibility index (Phi) is 11.1. The number of hydrogen-bond donors (Lipinski definition) is 3. The lowest BCUT2D eigenvalue weighted by Gasteiger charge is -2.24. The van der Waals surface area contributed by atoms with Crippen molar-refractivity contribution in [3.8, 4) is 5.75 Å². The summed E-state index contributed by atoms with van der Waals surface area (Å²) in [5.74, 6) is -3.15. The molecule has 0 aliphatic carbocycles. The maximum absolute atomic E-state index is 13.0. The second-order valence-corrected chi connectivity index (χ2v) is 9.43. The summed E-state index contributed by atoms with van der Waals surface area (Å²) in [7, 11) is 1.26. The smallest absolute Gasteiger partial charge is 0.311 e. The number of ether oxygens (including phenoxy) is 1. The Hall–Kier alpha value is -3.93. The summed E-state index contributed by atoms with van der Waals surface area (Å²) in [6, 6.07) is 10.6. The summed E-state index contributed by atoms with van der Waals surface area (Å²) in [6.45, 7) is 3.31. The van der Waals surface area contributed by atoms with E-state index in [0.29, 0.717) is 5.75 Å². The zero-order chi connectivity index (χ0) is 27.5. The van der Waals surface area contributed by atoms with Gasteiger partial charge in [0.05, 0.1) is 30.2 Å². The maximum atomic E-state index is 13.0. The molecule has 0 spiro atoms. The van der Waals surface area contributed by atoms with E-state index in [2.05, 4.69) is 10.6 Å². The lowest BCUT2D eigenvalue weighted by Crippen LogP contribution is -2.54. The fourth-order valence-corrected chi connectivity index (χ4v) is 4.29. The number of carbonyl (C=O) groups is 4. The van der Waals surface area contributed by atoms with E-state index >= 15 is 0 Å². The number of Topliss-reactive ketones (excluding diaryl/α,β-unsaturated/α-hetero) is 1. The Bertz CT molecular complexity index is 1140. The van der Waals surface area contributed by atoms with Gasteiger partial charge in [0.25, 0.3) is 5.91 Å². The Balaban J connectivity index is 2.10. The lowest BCUT2D eigenvalue weighted by atomic mass is 10.0. The molecule has 2 aromatic carbocycles. The van der Waals surface area contributed by atoms with Gasteiger partial charge in [-0.15, -0.1) is 11.8 Å². The summed E-state index contributed by atoms with van der Waals surface area (Å²) < 4.78 is 4.93. The van der Waals surface area contributed by atoms with E-state index in [0.717, 1.165) is 11.6 Å². The molecule has 0 saturated heterocycles. The number of thioether (sulfide) groups is 1. The third-order valence-electron chi connectivity index (χ3n) is 5.31. The molecule has 2 rings (SSSR count). The van der Waals surface area contributed by atoms with Gasteiger partial charge in [-0.2, -0.15) is 0 Å². The molecule has 0 aliphatic rings. The van der Waals surface area contributed by atoms with Gasteiger partial charge in [-0.3, -0.25) is 29.3 Å². The first-order valence-electron chi connectivity index (χ1n) is 11.3. The molecular weight excluding hydrogens is 502 g/mol. The van der Waals surface area contributed by atoms with Gasteiger partial charge in [-0.05, 0) is 23.6 Å². The molecule has 0 fully saturated rings. The molecule has 3 N–H and O–H groups in total. The summed E-state index contributed by atoms with van der Waals surface area (Å²) >= 11 is 1.30. The standard InChI is InChI=1S/C25H29N3O8S/c1-15(2)23(27-24(32)17-9-10-21(36-3)19(11-17)28(34)35)25(33)26-18(12-22(30)31)20(29)14-37-13-16-7-5-4-6-8-16/h4-11,15,18,23H,12-14H2,1-3H3,(H,26,33)(H,27,32)(H,30,31)/t18-,23-/m0/s1.